The molecule has 104 valence electrons. The van der Waals surface area contributed by atoms with Gasteiger partial charge in [-0.25, -0.2) is 4.98 Å². The summed E-state index contributed by atoms with van der Waals surface area (Å²) in [6.07, 6.45) is 4.95. The van der Waals surface area contributed by atoms with Gasteiger partial charge in [-0.3, -0.25) is 4.68 Å². The minimum absolute atomic E-state index is 0.476. The van der Waals surface area contributed by atoms with Crippen molar-refractivity contribution in [2.75, 3.05) is 12.8 Å². The molecular weight excluding hydrogens is 244 g/mol. The first-order chi connectivity index (χ1) is 8.71. The monoisotopic (exact) mass is 270 g/mol. The van der Waals surface area contributed by atoms with Crippen molar-refractivity contribution in [3.8, 4) is 0 Å². The van der Waals surface area contributed by atoms with Crippen molar-refractivity contribution < 1.29 is 0 Å². The molecule has 0 saturated carbocycles. The van der Waals surface area contributed by atoms with E-state index in [2.05, 4.69) is 36.2 Å². The Hall–Kier alpha value is -0.550. The van der Waals surface area contributed by atoms with Gasteiger partial charge in [-0.05, 0) is 19.9 Å². The summed E-state index contributed by atoms with van der Waals surface area (Å²) in [7, 11) is 2.03. The topological polar surface area (TPSA) is 42.7 Å². The number of likely N-dealkylation sites (N-methyl/N-ethyl adjacent to an activating group) is 1. The fraction of sp³-hybridized carbons (Fsp3) is 0.846. The first kappa shape index (κ1) is 15.5. The Kier molecular flexibility index (Phi) is 7.35. The maximum Gasteiger partial charge on any atom is 0.138 e. The summed E-state index contributed by atoms with van der Waals surface area (Å²) in [5.74, 6) is 2.23. The molecule has 0 radical (unpaired) electrons. The van der Waals surface area contributed by atoms with Crippen LogP contribution in [0, 0.1) is 0 Å². The summed E-state index contributed by atoms with van der Waals surface area (Å²) in [4.78, 5) is 4.37. The van der Waals surface area contributed by atoms with E-state index in [0.29, 0.717) is 6.04 Å². The van der Waals surface area contributed by atoms with Gasteiger partial charge in [0.25, 0.3) is 0 Å². The van der Waals surface area contributed by atoms with Crippen LogP contribution in [0.1, 0.15) is 39.4 Å². The molecule has 1 aromatic heterocycles. The van der Waals surface area contributed by atoms with E-state index >= 15 is 0 Å². The zero-order valence-electron chi connectivity index (χ0n) is 12.0. The maximum atomic E-state index is 4.37. The molecule has 0 saturated heterocycles. The van der Waals surface area contributed by atoms with Gasteiger partial charge in [0.2, 0.25) is 0 Å². The molecule has 2 unspecified atom stereocenters. The number of rotatable bonds is 9. The van der Waals surface area contributed by atoms with Crippen molar-refractivity contribution in [3.63, 3.8) is 0 Å². The summed E-state index contributed by atoms with van der Waals surface area (Å²) in [5, 5.41) is 8.39. The summed E-state index contributed by atoms with van der Waals surface area (Å²) >= 11 is 2.03. The van der Waals surface area contributed by atoms with E-state index < -0.39 is 0 Å². The van der Waals surface area contributed by atoms with E-state index in [1.54, 1.807) is 6.33 Å². The van der Waals surface area contributed by atoms with Gasteiger partial charge in [0.05, 0.1) is 0 Å². The van der Waals surface area contributed by atoms with Crippen molar-refractivity contribution in [2.45, 2.75) is 57.9 Å². The molecule has 1 aromatic rings. The molecular formula is C13H26N4S. The van der Waals surface area contributed by atoms with Crippen LogP contribution in [0.3, 0.4) is 0 Å². The van der Waals surface area contributed by atoms with Gasteiger partial charge in [0.15, 0.2) is 0 Å². The lowest BCUT2D eigenvalue weighted by Crippen LogP contribution is -2.32. The van der Waals surface area contributed by atoms with E-state index in [0.717, 1.165) is 36.2 Å². The molecule has 18 heavy (non-hydrogen) atoms. The molecule has 0 bridgehead atoms. The van der Waals surface area contributed by atoms with E-state index in [-0.39, 0.29) is 0 Å². The highest BCUT2D eigenvalue weighted by molar-refractivity contribution is 7.99. The minimum atomic E-state index is 0.476. The first-order valence-electron chi connectivity index (χ1n) is 6.86. The molecule has 0 spiro atoms. The molecule has 0 aliphatic carbocycles. The Morgan fingerprint density at radius 1 is 1.44 bits per heavy atom. The molecule has 0 amide bonds. The number of aryl methyl sites for hydroxylation is 1. The highest BCUT2D eigenvalue weighted by Gasteiger charge is 2.13. The number of nitrogens with one attached hydrogen (secondary N) is 1. The Morgan fingerprint density at radius 2 is 2.22 bits per heavy atom. The SMILES string of the molecule is CCCn1ncnc1CC(CSC(C)CC)NC. The average molecular weight is 270 g/mol. The summed E-state index contributed by atoms with van der Waals surface area (Å²) in [5.41, 5.74) is 0. The van der Waals surface area contributed by atoms with Gasteiger partial charge in [0, 0.05) is 30.0 Å². The Balaban J connectivity index is 2.48. The van der Waals surface area contributed by atoms with Gasteiger partial charge < -0.3 is 5.32 Å². The van der Waals surface area contributed by atoms with Gasteiger partial charge >= 0.3 is 0 Å². The zero-order chi connectivity index (χ0) is 13.4. The van der Waals surface area contributed by atoms with E-state index in [1.165, 1.54) is 6.42 Å². The van der Waals surface area contributed by atoms with Crippen LogP contribution in [0.2, 0.25) is 0 Å². The minimum Gasteiger partial charge on any atom is -0.316 e. The van der Waals surface area contributed by atoms with Crippen LogP contribution in [-0.4, -0.2) is 38.9 Å². The Morgan fingerprint density at radius 3 is 2.83 bits per heavy atom. The third-order valence-corrected chi connectivity index (χ3v) is 4.62. The molecule has 0 aliphatic heterocycles. The lowest BCUT2D eigenvalue weighted by molar-refractivity contribution is 0.528. The predicted octanol–water partition coefficient (Wildman–Crippen LogP) is 2.35. The number of aromatic nitrogens is 3. The van der Waals surface area contributed by atoms with E-state index in [9.17, 15) is 0 Å². The Bertz CT molecular complexity index is 327. The van der Waals surface area contributed by atoms with Crippen LogP contribution in [0.4, 0.5) is 0 Å². The van der Waals surface area contributed by atoms with Gasteiger partial charge in [-0.2, -0.15) is 16.9 Å². The normalized spacial score (nSPS) is 14.7. The van der Waals surface area contributed by atoms with Crippen LogP contribution in [0.25, 0.3) is 0 Å². The fourth-order valence-electron chi connectivity index (χ4n) is 1.71. The van der Waals surface area contributed by atoms with E-state index in [4.69, 9.17) is 0 Å². The van der Waals surface area contributed by atoms with Crippen molar-refractivity contribution in [2.24, 2.45) is 0 Å². The van der Waals surface area contributed by atoms with Crippen molar-refractivity contribution in [1.29, 1.82) is 0 Å². The highest BCUT2D eigenvalue weighted by Crippen LogP contribution is 2.16. The van der Waals surface area contributed by atoms with Crippen LogP contribution in [-0.2, 0) is 13.0 Å². The third-order valence-electron chi connectivity index (χ3n) is 3.13. The Labute approximate surface area is 115 Å². The second-order valence-corrected chi connectivity index (χ2v) is 6.11. The summed E-state index contributed by atoms with van der Waals surface area (Å²) < 4.78 is 2.03. The summed E-state index contributed by atoms with van der Waals surface area (Å²) in [6.45, 7) is 7.66. The van der Waals surface area contributed by atoms with Crippen LogP contribution >= 0.6 is 11.8 Å². The second kappa shape index (κ2) is 8.53. The molecule has 4 nitrogen and oxygen atoms in total. The van der Waals surface area contributed by atoms with Gasteiger partial charge in [-0.15, -0.1) is 0 Å². The number of hydrogen-bond acceptors (Lipinski definition) is 4. The average Bonchev–Trinajstić information content (AvgIpc) is 2.81. The van der Waals surface area contributed by atoms with Gasteiger partial charge in [-0.1, -0.05) is 20.8 Å². The first-order valence-corrected chi connectivity index (χ1v) is 7.91. The molecule has 1 N–H and O–H groups in total. The van der Waals surface area contributed by atoms with Crippen LogP contribution < -0.4 is 5.32 Å². The maximum absolute atomic E-state index is 4.37. The standard InChI is InChI=1S/C13H26N4S/c1-5-7-17-13(15-10-16-17)8-12(14-4)9-18-11(3)6-2/h10-12,14H,5-9H2,1-4H3. The zero-order valence-corrected chi connectivity index (χ0v) is 12.8. The molecule has 2 atom stereocenters. The quantitative estimate of drug-likeness (QED) is 0.748. The lowest BCUT2D eigenvalue weighted by atomic mass is 10.2. The number of hydrogen-bond donors (Lipinski definition) is 1. The van der Waals surface area contributed by atoms with Crippen molar-refractivity contribution >= 4 is 11.8 Å². The molecule has 0 fully saturated rings. The lowest BCUT2D eigenvalue weighted by Gasteiger charge is -2.17. The molecule has 0 aliphatic rings. The molecule has 5 heteroatoms. The number of thioether (sulfide) groups is 1. The summed E-state index contributed by atoms with van der Waals surface area (Å²) in [6, 6.07) is 0.476. The fourth-order valence-corrected chi connectivity index (χ4v) is 2.79. The molecule has 1 heterocycles. The second-order valence-electron chi connectivity index (χ2n) is 4.64. The van der Waals surface area contributed by atoms with Crippen molar-refractivity contribution in [3.05, 3.63) is 12.2 Å². The van der Waals surface area contributed by atoms with Crippen molar-refractivity contribution in [1.82, 2.24) is 20.1 Å². The van der Waals surface area contributed by atoms with E-state index in [1.807, 2.05) is 23.5 Å². The van der Waals surface area contributed by atoms with Crippen LogP contribution in [0.15, 0.2) is 6.33 Å². The highest BCUT2D eigenvalue weighted by atomic mass is 32.2. The third kappa shape index (κ3) is 4.98. The smallest absolute Gasteiger partial charge is 0.138 e. The largest absolute Gasteiger partial charge is 0.316 e. The number of nitrogens with zero attached hydrogens (tertiary/aromatic N) is 3. The molecule has 1 rings (SSSR count). The predicted molar refractivity (Wildman–Crippen MR) is 79.1 cm³/mol. The van der Waals surface area contributed by atoms with Crippen LogP contribution in [0.5, 0.6) is 0 Å². The molecule has 0 aromatic carbocycles. The van der Waals surface area contributed by atoms with Gasteiger partial charge in [0.1, 0.15) is 12.2 Å².